The van der Waals surface area contributed by atoms with Crippen molar-refractivity contribution in [3.8, 4) is 0 Å². The minimum Gasteiger partial charge on any atom is -0.462 e. The van der Waals surface area contributed by atoms with Crippen LogP contribution in [0.5, 0.6) is 0 Å². The van der Waals surface area contributed by atoms with Crippen LogP contribution < -0.4 is 0 Å². The molecule has 0 saturated heterocycles. The molecule has 0 saturated carbocycles. The third-order valence-electron chi connectivity index (χ3n) is 3.75. The van der Waals surface area contributed by atoms with Crippen LogP contribution in [0.15, 0.2) is 24.3 Å². The first-order chi connectivity index (χ1) is 13.7. The summed E-state index contributed by atoms with van der Waals surface area (Å²) in [5.41, 5.74) is 0.752. The van der Waals surface area contributed by atoms with Crippen molar-refractivity contribution >= 4 is 19.8 Å². The summed E-state index contributed by atoms with van der Waals surface area (Å²) in [6.07, 6.45) is 5.91. The fourth-order valence-corrected chi connectivity index (χ4v) is 2.88. The molecule has 0 aliphatic heterocycles. The van der Waals surface area contributed by atoms with E-state index in [9.17, 15) is 19.0 Å². The topological polar surface area (TPSA) is 108 Å². The van der Waals surface area contributed by atoms with E-state index in [4.69, 9.17) is 18.5 Å². The zero-order chi connectivity index (χ0) is 22.1. The number of hydrogen-bond donors (Lipinski definition) is 1. The van der Waals surface area contributed by atoms with Gasteiger partial charge in [0.1, 0.15) is 0 Å². The van der Waals surface area contributed by atoms with Gasteiger partial charge in [-0.15, -0.1) is 0 Å². The van der Waals surface area contributed by atoms with E-state index >= 15 is 0 Å². The molecule has 9 heteroatoms. The summed E-state index contributed by atoms with van der Waals surface area (Å²) in [5.74, 6) is -0.782. The Balaban J connectivity index is 3.52. The van der Waals surface area contributed by atoms with Crippen LogP contribution in [-0.4, -0.2) is 43.3 Å². The van der Waals surface area contributed by atoms with E-state index in [0.29, 0.717) is 37.2 Å². The highest BCUT2D eigenvalue weighted by molar-refractivity contribution is 7.47. The van der Waals surface area contributed by atoms with Crippen LogP contribution >= 0.6 is 7.82 Å². The molecular weight excluding hydrogens is 399 g/mol. The van der Waals surface area contributed by atoms with Crippen molar-refractivity contribution in [1.82, 2.24) is 0 Å². The van der Waals surface area contributed by atoms with Crippen molar-refractivity contribution in [1.29, 1.82) is 0 Å². The van der Waals surface area contributed by atoms with Crippen LogP contribution in [0.4, 0.5) is 0 Å². The summed E-state index contributed by atoms with van der Waals surface area (Å²) in [5, 5.41) is 0. The number of ether oxygens (including phenoxy) is 2. The second-order valence-corrected chi connectivity index (χ2v) is 8.25. The molecule has 0 heterocycles. The van der Waals surface area contributed by atoms with E-state index in [-0.39, 0.29) is 13.2 Å². The minimum absolute atomic E-state index is 0.132. The van der Waals surface area contributed by atoms with Gasteiger partial charge in [-0.05, 0) is 52.4 Å². The highest BCUT2D eigenvalue weighted by atomic mass is 31.2. The Morgan fingerprint density at radius 1 is 0.690 bits per heavy atom. The van der Waals surface area contributed by atoms with Gasteiger partial charge < -0.3 is 14.4 Å². The quantitative estimate of drug-likeness (QED) is 0.146. The molecule has 0 aliphatic rings. The summed E-state index contributed by atoms with van der Waals surface area (Å²) in [6.45, 7) is 11.1. The average molecular weight is 434 g/mol. The maximum atomic E-state index is 11.7. The Bertz CT molecular complexity index is 527. The van der Waals surface area contributed by atoms with Crippen molar-refractivity contribution in [2.45, 2.75) is 65.2 Å². The molecule has 0 fully saturated rings. The summed E-state index contributed by atoms with van der Waals surface area (Å²) >= 11 is 0. The lowest BCUT2D eigenvalue weighted by molar-refractivity contribution is -0.139. The first kappa shape index (κ1) is 27.5. The van der Waals surface area contributed by atoms with Crippen molar-refractivity contribution in [3.05, 3.63) is 24.3 Å². The Kier molecular flexibility index (Phi) is 15.5. The van der Waals surface area contributed by atoms with E-state index in [1.807, 2.05) is 0 Å². The van der Waals surface area contributed by atoms with Gasteiger partial charge in [0.25, 0.3) is 0 Å². The zero-order valence-corrected chi connectivity index (χ0v) is 18.5. The number of carbonyl (C=O) groups excluding carboxylic acids is 2. The smallest absolute Gasteiger partial charge is 0.462 e. The Labute approximate surface area is 173 Å². The molecule has 29 heavy (non-hydrogen) atoms. The zero-order valence-electron chi connectivity index (χ0n) is 17.7. The molecule has 8 nitrogen and oxygen atoms in total. The largest absolute Gasteiger partial charge is 0.472 e. The van der Waals surface area contributed by atoms with E-state index in [2.05, 4.69) is 13.2 Å². The molecule has 1 N–H and O–H groups in total. The molecule has 0 rings (SSSR count). The maximum absolute atomic E-state index is 11.7. The number of carbonyl (C=O) groups is 2. The highest BCUT2D eigenvalue weighted by Crippen LogP contribution is 2.43. The van der Waals surface area contributed by atoms with Crippen molar-refractivity contribution < 1.29 is 37.6 Å². The number of esters is 2. The lowest BCUT2D eigenvalue weighted by Gasteiger charge is -2.12. The molecule has 0 bridgehead atoms. The molecule has 0 radical (unpaired) electrons. The molecule has 0 aromatic heterocycles. The van der Waals surface area contributed by atoms with Gasteiger partial charge in [-0.3, -0.25) is 9.05 Å². The third-order valence-corrected chi connectivity index (χ3v) is 4.77. The molecule has 0 atom stereocenters. The van der Waals surface area contributed by atoms with Crippen LogP contribution in [0, 0.1) is 0 Å². The fourth-order valence-electron chi connectivity index (χ4n) is 2.09. The standard InChI is InChI=1S/C20H35O8P/c1-17(2)19(21)25-13-9-5-7-11-15-27-29(23,24)28-16-12-8-6-10-14-26-20(22)18(3)4/h1,3,5-16H2,2,4H3,(H,23,24). The first-order valence-electron chi connectivity index (χ1n) is 9.93. The summed E-state index contributed by atoms with van der Waals surface area (Å²) < 4.78 is 31.5. The van der Waals surface area contributed by atoms with Gasteiger partial charge in [-0.25, -0.2) is 14.2 Å². The second-order valence-electron chi connectivity index (χ2n) is 6.80. The van der Waals surface area contributed by atoms with Crippen LogP contribution in [0.2, 0.25) is 0 Å². The molecule has 0 amide bonds. The molecule has 0 spiro atoms. The van der Waals surface area contributed by atoms with E-state index in [1.54, 1.807) is 13.8 Å². The van der Waals surface area contributed by atoms with Gasteiger partial charge in [-0.1, -0.05) is 26.0 Å². The minimum atomic E-state index is -4.02. The van der Waals surface area contributed by atoms with Crippen LogP contribution in [-0.2, 0) is 32.7 Å². The van der Waals surface area contributed by atoms with E-state index < -0.39 is 19.8 Å². The summed E-state index contributed by atoms with van der Waals surface area (Å²) in [6, 6.07) is 0. The average Bonchev–Trinajstić information content (AvgIpc) is 2.65. The summed E-state index contributed by atoms with van der Waals surface area (Å²) in [4.78, 5) is 31.9. The van der Waals surface area contributed by atoms with Gasteiger partial charge in [-0.2, -0.15) is 0 Å². The molecule has 168 valence electrons. The van der Waals surface area contributed by atoms with Gasteiger partial charge >= 0.3 is 19.8 Å². The van der Waals surface area contributed by atoms with E-state index in [1.165, 1.54) is 0 Å². The van der Waals surface area contributed by atoms with Gasteiger partial charge in [0.05, 0.1) is 26.4 Å². The second kappa shape index (κ2) is 16.3. The van der Waals surface area contributed by atoms with Gasteiger partial charge in [0, 0.05) is 11.1 Å². The molecular formula is C20H35O8P. The summed E-state index contributed by atoms with van der Waals surface area (Å²) in [7, 11) is -4.02. The van der Waals surface area contributed by atoms with E-state index in [0.717, 1.165) is 38.5 Å². The number of phosphoric acid groups is 1. The molecule has 0 aromatic carbocycles. The normalized spacial score (nSPS) is 11.1. The number of phosphoric ester groups is 1. The van der Waals surface area contributed by atoms with Gasteiger partial charge in [0.2, 0.25) is 0 Å². The SMILES string of the molecule is C=C(C)C(=O)OCCCCCCOP(=O)(O)OCCCCCCOC(=O)C(=C)C. The number of unbranched alkanes of at least 4 members (excludes halogenated alkanes) is 6. The molecule has 0 aromatic rings. The fraction of sp³-hybridized carbons (Fsp3) is 0.700. The Morgan fingerprint density at radius 3 is 1.31 bits per heavy atom. The van der Waals surface area contributed by atoms with Crippen LogP contribution in [0.25, 0.3) is 0 Å². The number of hydrogen-bond acceptors (Lipinski definition) is 7. The number of rotatable bonds is 18. The maximum Gasteiger partial charge on any atom is 0.472 e. The van der Waals surface area contributed by atoms with Crippen molar-refractivity contribution in [2.75, 3.05) is 26.4 Å². The first-order valence-corrected chi connectivity index (χ1v) is 11.4. The lowest BCUT2D eigenvalue weighted by Crippen LogP contribution is -2.06. The van der Waals surface area contributed by atoms with Gasteiger partial charge in [0.15, 0.2) is 0 Å². The monoisotopic (exact) mass is 434 g/mol. The lowest BCUT2D eigenvalue weighted by atomic mass is 10.2. The van der Waals surface area contributed by atoms with Crippen LogP contribution in [0.1, 0.15) is 65.2 Å². The third kappa shape index (κ3) is 17.1. The Hall–Kier alpha value is -1.47. The van der Waals surface area contributed by atoms with Crippen molar-refractivity contribution in [3.63, 3.8) is 0 Å². The highest BCUT2D eigenvalue weighted by Gasteiger charge is 2.19. The van der Waals surface area contributed by atoms with Crippen molar-refractivity contribution in [2.24, 2.45) is 0 Å². The predicted molar refractivity (Wildman–Crippen MR) is 110 cm³/mol. The van der Waals surface area contributed by atoms with Crippen LogP contribution in [0.3, 0.4) is 0 Å². The molecule has 0 aliphatic carbocycles. The Morgan fingerprint density at radius 2 is 1.00 bits per heavy atom. The molecule has 0 unspecified atom stereocenters. The predicted octanol–water partition coefficient (Wildman–Crippen LogP) is 4.48.